The predicted molar refractivity (Wildman–Crippen MR) is 156 cm³/mol. The summed E-state index contributed by atoms with van der Waals surface area (Å²) in [6.45, 7) is 0.948. The SMILES string of the molecule is O=C(c1cc(Cl)ccc1NS(=O)(=O)c1ccc(Oc2ccccc2Cl)cc1)N1CCC(Oc2ccccc2)CC1. The highest BCUT2D eigenvalue weighted by molar-refractivity contribution is 7.92. The lowest BCUT2D eigenvalue weighted by atomic mass is 10.1. The summed E-state index contributed by atoms with van der Waals surface area (Å²) >= 11 is 12.3. The van der Waals surface area contributed by atoms with Gasteiger partial charge in [-0.2, -0.15) is 0 Å². The maximum Gasteiger partial charge on any atom is 0.261 e. The zero-order valence-electron chi connectivity index (χ0n) is 21.3. The van der Waals surface area contributed by atoms with Crippen molar-refractivity contribution in [1.82, 2.24) is 4.90 Å². The molecule has 1 fully saturated rings. The second-order valence-corrected chi connectivity index (χ2v) is 11.7. The van der Waals surface area contributed by atoms with Crippen molar-refractivity contribution in [1.29, 1.82) is 0 Å². The van der Waals surface area contributed by atoms with Gasteiger partial charge in [-0.3, -0.25) is 9.52 Å². The van der Waals surface area contributed by atoms with Crippen LogP contribution in [0.1, 0.15) is 23.2 Å². The Morgan fingerprint density at radius 1 is 0.825 bits per heavy atom. The fourth-order valence-corrected chi connectivity index (χ4v) is 5.79. The molecule has 0 radical (unpaired) electrons. The van der Waals surface area contributed by atoms with E-state index in [1.165, 1.54) is 42.5 Å². The molecule has 1 amide bonds. The van der Waals surface area contributed by atoms with E-state index in [9.17, 15) is 13.2 Å². The van der Waals surface area contributed by atoms with E-state index in [4.69, 9.17) is 32.7 Å². The molecular formula is C30H26Cl2N2O5S. The molecule has 206 valence electrons. The number of nitrogens with zero attached hydrogens (tertiary/aromatic N) is 1. The minimum absolute atomic E-state index is 0.00577. The van der Waals surface area contributed by atoms with E-state index in [-0.39, 0.29) is 28.2 Å². The number of carbonyl (C=O) groups excluding carboxylic acids is 1. The molecule has 1 heterocycles. The summed E-state index contributed by atoms with van der Waals surface area (Å²) in [5.41, 5.74) is 0.325. The van der Waals surface area contributed by atoms with Crippen molar-refractivity contribution >= 4 is 44.8 Å². The van der Waals surface area contributed by atoms with Crippen molar-refractivity contribution in [2.24, 2.45) is 0 Å². The molecule has 0 aromatic heterocycles. The van der Waals surface area contributed by atoms with Gasteiger partial charge in [-0.1, -0.05) is 53.5 Å². The monoisotopic (exact) mass is 596 g/mol. The number of carbonyl (C=O) groups is 1. The van der Waals surface area contributed by atoms with Gasteiger partial charge in [-0.25, -0.2) is 8.42 Å². The van der Waals surface area contributed by atoms with Crippen LogP contribution in [0.2, 0.25) is 10.0 Å². The lowest BCUT2D eigenvalue weighted by Gasteiger charge is -2.32. The van der Waals surface area contributed by atoms with Crippen molar-refractivity contribution in [2.45, 2.75) is 23.8 Å². The van der Waals surface area contributed by atoms with E-state index in [1.807, 2.05) is 30.3 Å². The highest BCUT2D eigenvalue weighted by Crippen LogP contribution is 2.31. The van der Waals surface area contributed by atoms with Gasteiger partial charge in [0.15, 0.2) is 0 Å². The second-order valence-electron chi connectivity index (χ2n) is 9.22. The third kappa shape index (κ3) is 6.70. The van der Waals surface area contributed by atoms with Gasteiger partial charge < -0.3 is 14.4 Å². The molecule has 4 aromatic rings. The first-order valence-corrected chi connectivity index (χ1v) is 14.9. The van der Waals surface area contributed by atoms with E-state index in [0.29, 0.717) is 47.5 Å². The Balaban J connectivity index is 1.27. The van der Waals surface area contributed by atoms with Gasteiger partial charge in [-0.05, 0) is 66.7 Å². The molecule has 1 aliphatic rings. The van der Waals surface area contributed by atoms with Crippen LogP contribution in [0.15, 0.2) is 102 Å². The fraction of sp³-hybridized carbons (Fsp3) is 0.167. The van der Waals surface area contributed by atoms with E-state index in [2.05, 4.69) is 4.72 Å². The molecule has 0 unspecified atom stereocenters. The Labute approximate surface area is 243 Å². The first-order valence-electron chi connectivity index (χ1n) is 12.6. The molecule has 40 heavy (non-hydrogen) atoms. The van der Waals surface area contributed by atoms with Gasteiger partial charge in [0.25, 0.3) is 15.9 Å². The lowest BCUT2D eigenvalue weighted by molar-refractivity contribution is 0.0596. The normalized spacial score (nSPS) is 14.0. The summed E-state index contributed by atoms with van der Waals surface area (Å²) in [5, 5.41) is 0.767. The smallest absolute Gasteiger partial charge is 0.261 e. The third-order valence-corrected chi connectivity index (χ3v) is 8.36. The van der Waals surface area contributed by atoms with E-state index in [1.54, 1.807) is 29.2 Å². The zero-order valence-corrected chi connectivity index (χ0v) is 23.6. The predicted octanol–water partition coefficient (Wildman–Crippen LogP) is 7.27. The highest BCUT2D eigenvalue weighted by Gasteiger charge is 2.27. The first-order chi connectivity index (χ1) is 19.3. The molecule has 4 aromatic carbocycles. The largest absolute Gasteiger partial charge is 0.490 e. The van der Waals surface area contributed by atoms with Crippen LogP contribution in [-0.2, 0) is 10.0 Å². The Morgan fingerprint density at radius 3 is 2.20 bits per heavy atom. The molecule has 5 rings (SSSR count). The number of hydrogen-bond acceptors (Lipinski definition) is 5. The van der Waals surface area contributed by atoms with E-state index in [0.717, 1.165) is 5.75 Å². The number of anilines is 1. The zero-order chi connectivity index (χ0) is 28.1. The topological polar surface area (TPSA) is 84.9 Å². The van der Waals surface area contributed by atoms with Crippen molar-refractivity contribution in [3.8, 4) is 17.2 Å². The Bertz CT molecular complexity index is 1590. The summed E-state index contributed by atoms with van der Waals surface area (Å²) in [7, 11) is -4.02. The van der Waals surface area contributed by atoms with Crippen LogP contribution in [0.5, 0.6) is 17.2 Å². The molecule has 1 aliphatic heterocycles. The summed E-state index contributed by atoms with van der Waals surface area (Å²) in [5.74, 6) is 1.37. The standard InChI is InChI=1S/C30H26Cl2N2O5S/c31-21-10-15-28(26(20-21)30(35)34-18-16-24(17-19-34)38-22-6-2-1-3-7-22)33-40(36,37)25-13-11-23(12-14-25)39-29-9-5-4-8-27(29)32/h1-15,20,24,33H,16-19H2. The number of nitrogens with one attached hydrogen (secondary N) is 1. The molecule has 0 atom stereocenters. The van der Waals surface area contributed by atoms with Gasteiger partial charge in [0.1, 0.15) is 23.4 Å². The molecule has 1 saturated heterocycles. The maximum atomic E-state index is 13.5. The molecular weight excluding hydrogens is 571 g/mol. The molecule has 1 N–H and O–H groups in total. The Kier molecular flexibility index (Phi) is 8.49. The van der Waals surface area contributed by atoms with Gasteiger partial charge in [0.05, 0.1) is 21.2 Å². The van der Waals surface area contributed by atoms with Crippen LogP contribution >= 0.6 is 23.2 Å². The average molecular weight is 598 g/mol. The molecule has 0 bridgehead atoms. The van der Waals surface area contributed by atoms with Crippen LogP contribution in [-0.4, -0.2) is 38.4 Å². The average Bonchev–Trinajstić information content (AvgIpc) is 2.96. The Hall–Kier alpha value is -3.72. The summed E-state index contributed by atoms with van der Waals surface area (Å²) in [6.07, 6.45) is 1.31. The van der Waals surface area contributed by atoms with Crippen molar-refractivity contribution in [2.75, 3.05) is 17.8 Å². The fourth-order valence-electron chi connectivity index (χ4n) is 4.37. The molecule has 0 spiro atoms. The minimum atomic E-state index is -4.02. The van der Waals surface area contributed by atoms with Crippen LogP contribution in [0.4, 0.5) is 5.69 Å². The number of benzene rings is 4. The van der Waals surface area contributed by atoms with Crippen LogP contribution in [0.25, 0.3) is 0 Å². The van der Waals surface area contributed by atoms with Crippen molar-refractivity contribution in [3.05, 3.63) is 113 Å². The Morgan fingerprint density at radius 2 is 1.50 bits per heavy atom. The maximum absolute atomic E-state index is 13.5. The number of ether oxygens (including phenoxy) is 2. The minimum Gasteiger partial charge on any atom is -0.490 e. The number of para-hydroxylation sites is 2. The number of sulfonamides is 1. The quantitative estimate of drug-likeness (QED) is 0.231. The van der Waals surface area contributed by atoms with Gasteiger partial charge >= 0.3 is 0 Å². The number of hydrogen-bond donors (Lipinski definition) is 1. The summed E-state index contributed by atoms with van der Waals surface area (Å²) in [4.78, 5) is 15.2. The number of rotatable bonds is 8. The third-order valence-electron chi connectivity index (χ3n) is 6.43. The second kappa shape index (κ2) is 12.2. The summed E-state index contributed by atoms with van der Waals surface area (Å²) < 4.78 is 40.8. The van der Waals surface area contributed by atoms with Crippen molar-refractivity contribution in [3.63, 3.8) is 0 Å². The number of piperidine rings is 1. The first kappa shape index (κ1) is 27.8. The molecule has 0 aliphatic carbocycles. The highest BCUT2D eigenvalue weighted by atomic mass is 35.5. The summed E-state index contributed by atoms with van der Waals surface area (Å²) in [6, 6.07) is 27.0. The number of halogens is 2. The van der Waals surface area contributed by atoms with E-state index >= 15 is 0 Å². The lowest BCUT2D eigenvalue weighted by Crippen LogP contribution is -2.42. The molecule has 0 saturated carbocycles. The number of likely N-dealkylation sites (tertiary alicyclic amines) is 1. The van der Waals surface area contributed by atoms with Gasteiger partial charge in [0.2, 0.25) is 0 Å². The van der Waals surface area contributed by atoms with Crippen molar-refractivity contribution < 1.29 is 22.7 Å². The van der Waals surface area contributed by atoms with E-state index < -0.39 is 10.0 Å². The molecule has 7 nitrogen and oxygen atoms in total. The molecule has 10 heteroatoms. The number of amides is 1. The van der Waals surface area contributed by atoms with Crippen LogP contribution < -0.4 is 14.2 Å². The van der Waals surface area contributed by atoms with Gasteiger partial charge in [0, 0.05) is 31.0 Å². The van der Waals surface area contributed by atoms with Gasteiger partial charge in [-0.15, -0.1) is 0 Å². The van der Waals surface area contributed by atoms with Crippen LogP contribution in [0.3, 0.4) is 0 Å². The van der Waals surface area contributed by atoms with Crippen LogP contribution in [0, 0.1) is 0 Å².